The Labute approximate surface area is 194 Å². The molecular weight excluding hydrogens is 396 g/mol. The van der Waals surface area contributed by atoms with E-state index in [0.29, 0.717) is 0 Å². The molecule has 5 heteroatoms. The van der Waals surface area contributed by atoms with Crippen LogP contribution in [0.1, 0.15) is 95.7 Å². The molecule has 4 rings (SSSR count). The fourth-order valence-electron chi connectivity index (χ4n) is 5.84. The van der Waals surface area contributed by atoms with E-state index in [-0.39, 0.29) is 16.6 Å². The number of pyridine rings is 1. The van der Waals surface area contributed by atoms with Crippen LogP contribution < -0.4 is 5.32 Å². The number of nitrogens with zero attached hydrogens (tertiary/aromatic N) is 3. The Hall–Kier alpha value is -1.59. The lowest BCUT2D eigenvalue weighted by Gasteiger charge is -2.48. The van der Waals surface area contributed by atoms with Crippen molar-refractivity contribution >= 4 is 12.4 Å². The number of hydrogen-bond donors (Lipinski definition) is 1. The maximum atomic E-state index is 6.45. The fourth-order valence-corrected chi connectivity index (χ4v) is 5.84. The molecule has 5 nitrogen and oxygen atoms in total. The van der Waals surface area contributed by atoms with Crippen molar-refractivity contribution in [2.45, 2.75) is 101 Å². The fraction of sp³-hybridized carbons (Fsp3) is 0.741. The largest absolute Gasteiger partial charge is 0.375 e. The van der Waals surface area contributed by atoms with Gasteiger partial charge in [0.15, 0.2) is 0 Å². The van der Waals surface area contributed by atoms with Gasteiger partial charge in [0.05, 0.1) is 17.7 Å². The van der Waals surface area contributed by atoms with Gasteiger partial charge >= 0.3 is 0 Å². The van der Waals surface area contributed by atoms with Crippen LogP contribution in [-0.2, 0) is 10.2 Å². The Morgan fingerprint density at radius 2 is 2.03 bits per heavy atom. The van der Waals surface area contributed by atoms with E-state index in [2.05, 4.69) is 54.4 Å². The zero-order valence-corrected chi connectivity index (χ0v) is 20.4. The van der Waals surface area contributed by atoms with Crippen molar-refractivity contribution in [3.05, 3.63) is 29.6 Å². The van der Waals surface area contributed by atoms with E-state index in [1.54, 1.807) is 6.21 Å². The van der Waals surface area contributed by atoms with Crippen molar-refractivity contribution in [1.82, 2.24) is 10.3 Å². The third-order valence-corrected chi connectivity index (χ3v) is 8.18. The van der Waals surface area contributed by atoms with Gasteiger partial charge in [-0.25, -0.2) is 0 Å². The van der Waals surface area contributed by atoms with Gasteiger partial charge in [0, 0.05) is 42.9 Å². The van der Waals surface area contributed by atoms with Gasteiger partial charge in [-0.15, -0.1) is 0 Å². The van der Waals surface area contributed by atoms with Crippen LogP contribution in [0.2, 0.25) is 0 Å². The summed E-state index contributed by atoms with van der Waals surface area (Å²) in [6.45, 7) is 10.2. The number of nitrogens with one attached hydrogen (secondary N) is 1. The van der Waals surface area contributed by atoms with Crippen molar-refractivity contribution in [2.75, 3.05) is 26.2 Å². The molecule has 2 aliphatic heterocycles. The number of ether oxygens (including phenoxy) is 1. The molecule has 2 fully saturated rings. The molecule has 0 bridgehead atoms. The second kappa shape index (κ2) is 10.1. The predicted molar refractivity (Wildman–Crippen MR) is 133 cm³/mol. The van der Waals surface area contributed by atoms with Gasteiger partial charge < -0.3 is 10.1 Å². The topological polar surface area (TPSA) is 58.9 Å². The molecule has 0 amide bonds. The van der Waals surface area contributed by atoms with E-state index < -0.39 is 0 Å². The van der Waals surface area contributed by atoms with E-state index in [9.17, 15) is 0 Å². The first-order valence-electron chi connectivity index (χ1n) is 12.9. The molecule has 1 saturated heterocycles. The van der Waals surface area contributed by atoms with Crippen LogP contribution in [0.15, 0.2) is 28.3 Å². The van der Waals surface area contributed by atoms with Crippen molar-refractivity contribution in [3.8, 4) is 0 Å². The van der Waals surface area contributed by atoms with Crippen LogP contribution in [0.3, 0.4) is 0 Å². The summed E-state index contributed by atoms with van der Waals surface area (Å²) in [5, 5.41) is 3.71. The summed E-state index contributed by atoms with van der Waals surface area (Å²) in [7, 11) is 0. The normalized spacial score (nSPS) is 32.7. The van der Waals surface area contributed by atoms with E-state index in [1.165, 1.54) is 30.5 Å². The van der Waals surface area contributed by atoms with Crippen LogP contribution in [-0.4, -0.2) is 54.8 Å². The molecule has 32 heavy (non-hydrogen) atoms. The molecule has 3 unspecified atom stereocenters. The van der Waals surface area contributed by atoms with Gasteiger partial charge in [-0.1, -0.05) is 32.8 Å². The minimum Gasteiger partial charge on any atom is -0.375 e. The lowest BCUT2D eigenvalue weighted by molar-refractivity contribution is -0.116. The average molecular weight is 439 g/mol. The van der Waals surface area contributed by atoms with Crippen LogP contribution in [0.5, 0.6) is 0 Å². The van der Waals surface area contributed by atoms with Crippen molar-refractivity contribution in [3.63, 3.8) is 0 Å². The minimum atomic E-state index is -0.129. The monoisotopic (exact) mass is 438 g/mol. The molecular formula is C27H42N4O. The van der Waals surface area contributed by atoms with Gasteiger partial charge in [-0.05, 0) is 76.0 Å². The molecule has 1 aliphatic carbocycles. The average Bonchev–Trinajstić information content (AvgIpc) is 2.77. The van der Waals surface area contributed by atoms with Gasteiger partial charge in [0.25, 0.3) is 0 Å². The molecule has 0 radical (unpaired) electrons. The summed E-state index contributed by atoms with van der Waals surface area (Å²) in [6.07, 6.45) is 16.4. The van der Waals surface area contributed by atoms with Crippen molar-refractivity contribution < 1.29 is 4.74 Å². The van der Waals surface area contributed by atoms with E-state index in [0.717, 1.165) is 70.7 Å². The molecule has 3 atom stereocenters. The highest BCUT2D eigenvalue weighted by atomic mass is 16.5. The van der Waals surface area contributed by atoms with E-state index >= 15 is 0 Å². The summed E-state index contributed by atoms with van der Waals surface area (Å²) in [6, 6.07) is 4.70. The standard InChI is InChI=1S/C27H42N4O/c1-4-11-27(5-2)19-26(13-17-32-27,12-14-28-20-25(3)21-29-15-16-31-25)24-10-9-23(18-30-24)22-7-6-8-22/h9-10,15-16,18,22,28H,4-8,11-14,17,19-21H2,1-3H3. The number of aliphatic imine (C=N–C) groups is 2. The Morgan fingerprint density at radius 3 is 2.66 bits per heavy atom. The maximum Gasteiger partial charge on any atom is 0.0898 e. The van der Waals surface area contributed by atoms with E-state index in [4.69, 9.17) is 9.72 Å². The molecule has 1 saturated carbocycles. The molecule has 0 spiro atoms. The summed E-state index contributed by atoms with van der Waals surface area (Å²) < 4.78 is 6.45. The summed E-state index contributed by atoms with van der Waals surface area (Å²) in [5.74, 6) is 0.734. The first-order valence-corrected chi connectivity index (χ1v) is 12.9. The van der Waals surface area contributed by atoms with Crippen LogP contribution >= 0.6 is 0 Å². The molecule has 0 aromatic carbocycles. The Kier molecular flexibility index (Phi) is 7.46. The third-order valence-electron chi connectivity index (χ3n) is 8.18. The molecule has 1 aromatic rings. The molecule has 3 heterocycles. The predicted octanol–water partition coefficient (Wildman–Crippen LogP) is 5.24. The zero-order valence-electron chi connectivity index (χ0n) is 20.4. The highest BCUT2D eigenvalue weighted by Crippen LogP contribution is 2.47. The lowest BCUT2D eigenvalue weighted by Crippen LogP contribution is -2.49. The summed E-state index contributed by atoms with van der Waals surface area (Å²) in [5.41, 5.74) is 2.62. The van der Waals surface area contributed by atoms with Crippen LogP contribution in [0, 0.1) is 0 Å². The van der Waals surface area contributed by atoms with Gasteiger partial charge in [-0.2, -0.15) is 0 Å². The molecule has 1 N–H and O–H groups in total. The quantitative estimate of drug-likeness (QED) is 0.508. The summed E-state index contributed by atoms with van der Waals surface area (Å²) in [4.78, 5) is 14.2. The zero-order chi connectivity index (χ0) is 22.5. The van der Waals surface area contributed by atoms with Crippen LogP contribution in [0.4, 0.5) is 0 Å². The molecule has 1 aromatic heterocycles. The first-order chi connectivity index (χ1) is 15.5. The number of rotatable bonds is 10. The SMILES string of the molecule is CCCC1(CC)CC(CCNCC2(C)CN=CC=N2)(c2ccc(C3CCC3)cn2)CCO1. The smallest absolute Gasteiger partial charge is 0.0898 e. The lowest BCUT2D eigenvalue weighted by atomic mass is 9.66. The number of hydrogen-bond acceptors (Lipinski definition) is 5. The highest BCUT2D eigenvalue weighted by Gasteiger charge is 2.46. The van der Waals surface area contributed by atoms with Gasteiger partial charge in [0.1, 0.15) is 0 Å². The molecule has 176 valence electrons. The minimum absolute atomic E-state index is 0.0182. The molecule has 3 aliphatic rings. The highest BCUT2D eigenvalue weighted by molar-refractivity contribution is 6.16. The first kappa shape index (κ1) is 23.6. The van der Waals surface area contributed by atoms with Crippen molar-refractivity contribution in [1.29, 1.82) is 0 Å². The van der Waals surface area contributed by atoms with Crippen molar-refractivity contribution in [2.24, 2.45) is 9.98 Å². The van der Waals surface area contributed by atoms with Crippen LogP contribution in [0.25, 0.3) is 0 Å². The van der Waals surface area contributed by atoms with Gasteiger partial charge in [-0.3, -0.25) is 15.0 Å². The summed E-state index contributed by atoms with van der Waals surface area (Å²) >= 11 is 0. The Morgan fingerprint density at radius 1 is 1.16 bits per heavy atom. The Bertz CT molecular complexity index is 798. The number of aromatic nitrogens is 1. The second-order valence-electron chi connectivity index (χ2n) is 10.6. The third kappa shape index (κ3) is 5.14. The second-order valence-corrected chi connectivity index (χ2v) is 10.6. The Balaban J connectivity index is 1.49. The maximum absolute atomic E-state index is 6.45. The van der Waals surface area contributed by atoms with Gasteiger partial charge in [0.2, 0.25) is 0 Å². The van der Waals surface area contributed by atoms with E-state index in [1.807, 2.05) is 6.21 Å².